The molecule has 0 spiro atoms. The molecule has 1 aromatic carbocycles. The standard InChI is InChI=1S/C18H20N4O3/c23-17(20-13-5-6-16-19-8-10-21(16)11-13)7-9-22-14-3-1-2-4-15(14)25-12-18(22)24/h1-4,8,10,13H,5-7,9,11-12H2,(H,20,23)/t13-/m0/s1. The Balaban J connectivity index is 1.34. The van der Waals surface area contributed by atoms with E-state index >= 15 is 0 Å². The Labute approximate surface area is 145 Å². The summed E-state index contributed by atoms with van der Waals surface area (Å²) >= 11 is 0. The maximum absolute atomic E-state index is 12.3. The summed E-state index contributed by atoms with van der Waals surface area (Å²) in [5.74, 6) is 1.60. The molecule has 0 unspecified atom stereocenters. The van der Waals surface area contributed by atoms with Crippen molar-refractivity contribution in [2.24, 2.45) is 0 Å². The molecule has 3 heterocycles. The Kier molecular flexibility index (Phi) is 4.13. The van der Waals surface area contributed by atoms with Crippen LogP contribution < -0.4 is 15.0 Å². The third-order valence-electron chi connectivity index (χ3n) is 4.67. The van der Waals surface area contributed by atoms with Crippen molar-refractivity contribution >= 4 is 17.5 Å². The number of amides is 2. The van der Waals surface area contributed by atoms with Gasteiger partial charge in [0.2, 0.25) is 5.91 Å². The first-order valence-electron chi connectivity index (χ1n) is 8.52. The summed E-state index contributed by atoms with van der Waals surface area (Å²) in [4.78, 5) is 30.4. The summed E-state index contributed by atoms with van der Waals surface area (Å²) in [6.45, 7) is 1.12. The lowest BCUT2D eigenvalue weighted by Gasteiger charge is -2.29. The molecule has 1 N–H and O–H groups in total. The fraction of sp³-hybridized carbons (Fsp3) is 0.389. The minimum absolute atomic E-state index is 0.0185. The van der Waals surface area contributed by atoms with E-state index in [4.69, 9.17) is 4.74 Å². The largest absolute Gasteiger partial charge is 0.482 e. The maximum Gasteiger partial charge on any atom is 0.265 e. The van der Waals surface area contributed by atoms with Crippen molar-refractivity contribution in [1.82, 2.24) is 14.9 Å². The summed E-state index contributed by atoms with van der Waals surface area (Å²) in [5.41, 5.74) is 0.729. The smallest absolute Gasteiger partial charge is 0.265 e. The topological polar surface area (TPSA) is 76.5 Å². The van der Waals surface area contributed by atoms with E-state index < -0.39 is 0 Å². The van der Waals surface area contributed by atoms with Gasteiger partial charge >= 0.3 is 0 Å². The number of rotatable bonds is 4. The number of anilines is 1. The van der Waals surface area contributed by atoms with Crippen LogP contribution in [0.15, 0.2) is 36.7 Å². The number of fused-ring (bicyclic) bond motifs is 2. The third-order valence-corrected chi connectivity index (χ3v) is 4.67. The normalized spacial score (nSPS) is 19.0. The molecule has 7 heteroatoms. The van der Waals surface area contributed by atoms with E-state index in [2.05, 4.69) is 14.9 Å². The Hall–Kier alpha value is -2.83. The molecule has 25 heavy (non-hydrogen) atoms. The van der Waals surface area contributed by atoms with Crippen molar-refractivity contribution < 1.29 is 14.3 Å². The third kappa shape index (κ3) is 3.22. The van der Waals surface area contributed by atoms with Crippen LogP contribution in [0.2, 0.25) is 0 Å². The number of aryl methyl sites for hydroxylation is 1. The zero-order valence-electron chi connectivity index (χ0n) is 13.9. The number of aromatic nitrogens is 2. The van der Waals surface area contributed by atoms with Crippen molar-refractivity contribution in [3.05, 3.63) is 42.5 Å². The van der Waals surface area contributed by atoms with Gasteiger partial charge in [0.15, 0.2) is 6.61 Å². The second-order valence-corrected chi connectivity index (χ2v) is 6.35. The van der Waals surface area contributed by atoms with Crippen LogP contribution >= 0.6 is 0 Å². The van der Waals surface area contributed by atoms with Crippen LogP contribution in [0.3, 0.4) is 0 Å². The highest BCUT2D eigenvalue weighted by molar-refractivity contribution is 5.98. The molecule has 0 radical (unpaired) electrons. The maximum atomic E-state index is 12.3. The van der Waals surface area contributed by atoms with Gasteiger partial charge in [0.1, 0.15) is 11.6 Å². The lowest BCUT2D eigenvalue weighted by molar-refractivity contribution is -0.122. The molecular formula is C18H20N4O3. The van der Waals surface area contributed by atoms with Crippen molar-refractivity contribution in [3.8, 4) is 5.75 Å². The molecule has 0 fully saturated rings. The number of nitrogens with zero attached hydrogens (tertiary/aromatic N) is 3. The van der Waals surface area contributed by atoms with Crippen molar-refractivity contribution in [3.63, 3.8) is 0 Å². The first-order valence-corrected chi connectivity index (χ1v) is 8.52. The lowest BCUT2D eigenvalue weighted by Crippen LogP contribution is -2.44. The number of ether oxygens (including phenoxy) is 1. The SMILES string of the molecule is O=C(CCN1C(=O)COc2ccccc21)N[C@H]1CCc2nccn2C1. The average Bonchev–Trinajstić information content (AvgIpc) is 3.08. The van der Waals surface area contributed by atoms with Gasteiger partial charge in [-0.2, -0.15) is 0 Å². The van der Waals surface area contributed by atoms with Crippen LogP contribution in [-0.4, -0.2) is 40.6 Å². The van der Waals surface area contributed by atoms with Crippen LogP contribution in [0.5, 0.6) is 5.75 Å². The molecule has 1 aromatic heterocycles. The van der Waals surface area contributed by atoms with Gasteiger partial charge in [-0.15, -0.1) is 0 Å². The fourth-order valence-electron chi connectivity index (χ4n) is 3.40. The molecule has 2 aliphatic heterocycles. The minimum atomic E-state index is -0.118. The Morgan fingerprint density at radius 1 is 1.36 bits per heavy atom. The Bertz CT molecular complexity index is 801. The second kappa shape index (κ2) is 6.58. The quantitative estimate of drug-likeness (QED) is 0.905. The second-order valence-electron chi connectivity index (χ2n) is 6.35. The van der Waals surface area contributed by atoms with E-state index in [0.717, 1.165) is 30.9 Å². The molecule has 0 saturated carbocycles. The predicted octanol–water partition coefficient (Wildman–Crippen LogP) is 1.13. The molecule has 4 rings (SSSR count). The molecule has 0 aliphatic carbocycles. The summed E-state index contributed by atoms with van der Waals surface area (Å²) in [5, 5.41) is 3.07. The number of carbonyl (C=O) groups is 2. The van der Waals surface area contributed by atoms with Crippen LogP contribution in [0, 0.1) is 0 Å². The fourth-order valence-corrected chi connectivity index (χ4v) is 3.40. The first-order chi connectivity index (χ1) is 12.2. The number of benzene rings is 1. The highest BCUT2D eigenvalue weighted by atomic mass is 16.5. The summed E-state index contributed by atoms with van der Waals surface area (Å²) in [6, 6.07) is 7.51. The van der Waals surface area contributed by atoms with E-state index in [-0.39, 0.29) is 30.9 Å². The monoisotopic (exact) mass is 340 g/mol. The van der Waals surface area contributed by atoms with E-state index in [9.17, 15) is 9.59 Å². The number of para-hydroxylation sites is 2. The molecule has 0 saturated heterocycles. The van der Waals surface area contributed by atoms with Crippen molar-refractivity contribution in [2.75, 3.05) is 18.1 Å². The number of hydrogen-bond acceptors (Lipinski definition) is 4. The van der Waals surface area contributed by atoms with E-state index in [0.29, 0.717) is 12.3 Å². The predicted molar refractivity (Wildman–Crippen MR) is 91.4 cm³/mol. The molecule has 2 amide bonds. The molecule has 2 aliphatic rings. The summed E-state index contributed by atoms with van der Waals surface area (Å²) in [6.07, 6.45) is 5.76. The lowest BCUT2D eigenvalue weighted by atomic mass is 10.1. The van der Waals surface area contributed by atoms with E-state index in [1.165, 1.54) is 0 Å². The van der Waals surface area contributed by atoms with Crippen LogP contribution in [0.1, 0.15) is 18.7 Å². The van der Waals surface area contributed by atoms with Gasteiger partial charge in [-0.3, -0.25) is 9.59 Å². The highest BCUT2D eigenvalue weighted by Gasteiger charge is 2.26. The summed E-state index contributed by atoms with van der Waals surface area (Å²) in [7, 11) is 0. The van der Waals surface area contributed by atoms with E-state index in [1.54, 1.807) is 11.1 Å². The van der Waals surface area contributed by atoms with Gasteiger partial charge in [-0.1, -0.05) is 12.1 Å². The number of imidazole rings is 1. The molecule has 130 valence electrons. The molecule has 7 nitrogen and oxygen atoms in total. The average molecular weight is 340 g/mol. The van der Waals surface area contributed by atoms with Gasteiger partial charge in [-0.25, -0.2) is 4.98 Å². The zero-order chi connectivity index (χ0) is 17.2. The van der Waals surface area contributed by atoms with Gasteiger partial charge in [0.25, 0.3) is 5.91 Å². The molecule has 0 bridgehead atoms. The molecule has 2 aromatic rings. The van der Waals surface area contributed by atoms with E-state index in [1.807, 2.05) is 30.5 Å². The Morgan fingerprint density at radius 3 is 3.16 bits per heavy atom. The number of nitrogens with one attached hydrogen (secondary N) is 1. The Morgan fingerprint density at radius 2 is 2.24 bits per heavy atom. The van der Waals surface area contributed by atoms with Gasteiger partial charge in [0, 0.05) is 44.4 Å². The minimum Gasteiger partial charge on any atom is -0.482 e. The van der Waals surface area contributed by atoms with Crippen LogP contribution in [0.25, 0.3) is 0 Å². The zero-order valence-corrected chi connectivity index (χ0v) is 13.9. The van der Waals surface area contributed by atoms with Crippen LogP contribution in [0.4, 0.5) is 5.69 Å². The highest BCUT2D eigenvalue weighted by Crippen LogP contribution is 2.31. The molecule has 1 atom stereocenters. The van der Waals surface area contributed by atoms with Gasteiger partial charge in [0.05, 0.1) is 5.69 Å². The summed E-state index contributed by atoms with van der Waals surface area (Å²) < 4.78 is 7.50. The van der Waals surface area contributed by atoms with Gasteiger partial charge < -0.3 is 19.5 Å². The van der Waals surface area contributed by atoms with Crippen molar-refractivity contribution in [1.29, 1.82) is 0 Å². The number of carbonyl (C=O) groups excluding carboxylic acids is 2. The number of hydrogen-bond donors (Lipinski definition) is 1. The molecular weight excluding hydrogens is 320 g/mol. The van der Waals surface area contributed by atoms with Crippen LogP contribution in [-0.2, 0) is 22.6 Å². The van der Waals surface area contributed by atoms with Crippen molar-refractivity contribution in [2.45, 2.75) is 31.8 Å². The first kappa shape index (κ1) is 15.7. The van der Waals surface area contributed by atoms with Gasteiger partial charge in [-0.05, 0) is 18.6 Å².